The molecule has 0 unspecified atom stereocenters. The van der Waals surface area contributed by atoms with Crippen LogP contribution in [0.15, 0.2) is 30.5 Å². The molecule has 0 atom stereocenters. The lowest BCUT2D eigenvalue weighted by Gasteiger charge is -2.06. The minimum absolute atomic E-state index is 0.179. The van der Waals surface area contributed by atoms with E-state index in [0.29, 0.717) is 24.0 Å². The Bertz CT molecular complexity index is 570. The number of nitrogen functional groups attached to an aromatic ring is 1. The molecule has 2 aromatic heterocycles. The van der Waals surface area contributed by atoms with E-state index in [1.165, 1.54) is 12.3 Å². The number of pyridine rings is 1. The third-order valence-corrected chi connectivity index (χ3v) is 2.33. The molecule has 0 aliphatic carbocycles. The smallest absolute Gasteiger partial charge is 0.276 e. The Hall–Kier alpha value is -2.74. The highest BCUT2D eigenvalue weighted by Crippen LogP contribution is 2.12. The summed E-state index contributed by atoms with van der Waals surface area (Å²) in [4.78, 5) is 15.9. The molecular weight excluding hydrogens is 260 g/mol. The van der Waals surface area contributed by atoms with Gasteiger partial charge in [-0.1, -0.05) is 0 Å². The first-order chi connectivity index (χ1) is 9.72. The van der Waals surface area contributed by atoms with Gasteiger partial charge >= 0.3 is 0 Å². The summed E-state index contributed by atoms with van der Waals surface area (Å²) in [5, 5.41) is 10.1. The SMILES string of the molecule is CCOc1ccc(NC(=O)c2ccc(NN)nn2)cn1. The van der Waals surface area contributed by atoms with Crippen LogP contribution in [0.5, 0.6) is 5.88 Å². The molecule has 0 fully saturated rings. The summed E-state index contributed by atoms with van der Waals surface area (Å²) in [6.07, 6.45) is 1.51. The third kappa shape index (κ3) is 3.39. The van der Waals surface area contributed by atoms with Crippen LogP contribution in [0.3, 0.4) is 0 Å². The van der Waals surface area contributed by atoms with E-state index in [0.717, 1.165) is 0 Å². The van der Waals surface area contributed by atoms with Crippen molar-refractivity contribution in [3.63, 3.8) is 0 Å². The van der Waals surface area contributed by atoms with Crippen LogP contribution >= 0.6 is 0 Å². The van der Waals surface area contributed by atoms with Gasteiger partial charge in [0, 0.05) is 6.07 Å². The summed E-state index contributed by atoms with van der Waals surface area (Å²) in [6.45, 7) is 2.41. The lowest BCUT2D eigenvalue weighted by atomic mass is 10.3. The summed E-state index contributed by atoms with van der Waals surface area (Å²) in [6, 6.07) is 6.43. The molecule has 2 rings (SSSR count). The molecule has 0 spiro atoms. The first-order valence-corrected chi connectivity index (χ1v) is 5.93. The average molecular weight is 274 g/mol. The number of nitrogens with one attached hydrogen (secondary N) is 2. The number of carbonyl (C=O) groups excluding carboxylic acids is 1. The zero-order valence-corrected chi connectivity index (χ0v) is 10.8. The first-order valence-electron chi connectivity index (χ1n) is 5.93. The summed E-state index contributed by atoms with van der Waals surface area (Å²) in [5.41, 5.74) is 3.05. The Morgan fingerprint density at radius 1 is 1.30 bits per heavy atom. The Kier molecular flexibility index (Phi) is 4.40. The monoisotopic (exact) mass is 274 g/mol. The van der Waals surface area contributed by atoms with Crippen molar-refractivity contribution in [2.75, 3.05) is 17.3 Å². The minimum atomic E-state index is -0.382. The fourth-order valence-corrected chi connectivity index (χ4v) is 1.41. The van der Waals surface area contributed by atoms with Gasteiger partial charge < -0.3 is 15.5 Å². The fourth-order valence-electron chi connectivity index (χ4n) is 1.41. The van der Waals surface area contributed by atoms with E-state index in [9.17, 15) is 4.79 Å². The summed E-state index contributed by atoms with van der Waals surface area (Å²) in [5.74, 6) is 5.67. The summed E-state index contributed by atoms with van der Waals surface area (Å²) < 4.78 is 5.21. The fraction of sp³-hybridized carbons (Fsp3) is 0.167. The molecule has 0 aliphatic rings. The van der Waals surface area contributed by atoms with Gasteiger partial charge in [0.05, 0.1) is 18.5 Å². The largest absolute Gasteiger partial charge is 0.478 e. The number of aromatic nitrogens is 3. The number of nitrogens with zero attached hydrogens (tertiary/aromatic N) is 3. The van der Waals surface area contributed by atoms with Gasteiger partial charge in [-0.3, -0.25) is 4.79 Å². The highest BCUT2D eigenvalue weighted by atomic mass is 16.5. The zero-order valence-electron chi connectivity index (χ0n) is 10.8. The van der Waals surface area contributed by atoms with Gasteiger partial charge in [-0.15, -0.1) is 10.2 Å². The van der Waals surface area contributed by atoms with E-state index in [1.807, 2.05) is 6.92 Å². The van der Waals surface area contributed by atoms with Crippen LogP contribution in [-0.2, 0) is 0 Å². The van der Waals surface area contributed by atoms with Crippen LogP contribution in [0.2, 0.25) is 0 Å². The first kappa shape index (κ1) is 13.7. The molecular formula is C12H14N6O2. The number of ether oxygens (including phenoxy) is 1. The Morgan fingerprint density at radius 2 is 2.15 bits per heavy atom. The molecule has 8 nitrogen and oxygen atoms in total. The summed E-state index contributed by atoms with van der Waals surface area (Å²) in [7, 11) is 0. The van der Waals surface area contributed by atoms with Crippen LogP contribution in [-0.4, -0.2) is 27.7 Å². The molecule has 0 bridgehead atoms. The molecule has 0 saturated heterocycles. The number of amides is 1. The van der Waals surface area contributed by atoms with E-state index >= 15 is 0 Å². The second-order valence-electron chi connectivity index (χ2n) is 3.72. The number of anilines is 2. The van der Waals surface area contributed by atoms with Crippen LogP contribution in [0.25, 0.3) is 0 Å². The van der Waals surface area contributed by atoms with Gasteiger partial charge in [-0.05, 0) is 25.1 Å². The molecule has 0 radical (unpaired) electrons. The van der Waals surface area contributed by atoms with Crippen LogP contribution in [0.1, 0.15) is 17.4 Å². The molecule has 0 aromatic carbocycles. The maximum Gasteiger partial charge on any atom is 0.276 e. The molecule has 2 aromatic rings. The Morgan fingerprint density at radius 3 is 2.70 bits per heavy atom. The normalized spacial score (nSPS) is 9.90. The van der Waals surface area contributed by atoms with Crippen molar-refractivity contribution in [1.82, 2.24) is 15.2 Å². The quantitative estimate of drug-likeness (QED) is 0.545. The van der Waals surface area contributed by atoms with Crippen LogP contribution in [0, 0.1) is 0 Å². The molecule has 20 heavy (non-hydrogen) atoms. The number of rotatable bonds is 5. The van der Waals surface area contributed by atoms with E-state index in [4.69, 9.17) is 10.6 Å². The van der Waals surface area contributed by atoms with E-state index in [2.05, 4.69) is 25.9 Å². The molecule has 1 amide bonds. The number of nitrogens with two attached hydrogens (primary N) is 1. The number of hydrogen-bond donors (Lipinski definition) is 3. The van der Waals surface area contributed by atoms with Crippen molar-refractivity contribution in [1.29, 1.82) is 0 Å². The lowest BCUT2D eigenvalue weighted by molar-refractivity contribution is 0.102. The van der Waals surface area contributed by atoms with E-state index in [1.54, 1.807) is 18.2 Å². The van der Waals surface area contributed by atoms with Crippen molar-refractivity contribution < 1.29 is 9.53 Å². The second-order valence-corrected chi connectivity index (χ2v) is 3.72. The van der Waals surface area contributed by atoms with Gasteiger partial charge in [-0.25, -0.2) is 10.8 Å². The zero-order chi connectivity index (χ0) is 14.4. The van der Waals surface area contributed by atoms with Gasteiger partial charge in [0.25, 0.3) is 5.91 Å². The average Bonchev–Trinajstić information content (AvgIpc) is 2.49. The molecule has 2 heterocycles. The Balaban J connectivity index is 2.02. The predicted octanol–water partition coefficient (Wildman–Crippen LogP) is 0.808. The van der Waals surface area contributed by atoms with Crippen molar-refractivity contribution in [2.45, 2.75) is 6.92 Å². The van der Waals surface area contributed by atoms with Gasteiger partial charge in [0.2, 0.25) is 5.88 Å². The standard InChI is InChI=1S/C12H14N6O2/c1-2-20-11-6-3-8(7-14-11)15-12(19)9-4-5-10(16-13)18-17-9/h3-7H,2,13H2,1H3,(H,15,19)(H,16,18). The maximum absolute atomic E-state index is 11.9. The highest BCUT2D eigenvalue weighted by molar-refractivity contribution is 6.02. The summed E-state index contributed by atoms with van der Waals surface area (Å²) >= 11 is 0. The van der Waals surface area contributed by atoms with E-state index in [-0.39, 0.29) is 11.6 Å². The van der Waals surface area contributed by atoms with Gasteiger partial charge in [-0.2, -0.15) is 0 Å². The van der Waals surface area contributed by atoms with Gasteiger partial charge in [0.15, 0.2) is 11.5 Å². The molecule has 0 aliphatic heterocycles. The van der Waals surface area contributed by atoms with Crippen LogP contribution in [0.4, 0.5) is 11.5 Å². The van der Waals surface area contributed by atoms with Crippen molar-refractivity contribution in [3.05, 3.63) is 36.2 Å². The molecule has 0 saturated carbocycles. The second kappa shape index (κ2) is 6.43. The molecule has 8 heteroatoms. The lowest BCUT2D eigenvalue weighted by Crippen LogP contribution is -2.16. The van der Waals surface area contributed by atoms with Crippen LogP contribution < -0.4 is 21.3 Å². The highest BCUT2D eigenvalue weighted by Gasteiger charge is 2.08. The number of hydrazine groups is 1. The predicted molar refractivity (Wildman–Crippen MR) is 73.2 cm³/mol. The van der Waals surface area contributed by atoms with Crippen molar-refractivity contribution in [2.24, 2.45) is 5.84 Å². The minimum Gasteiger partial charge on any atom is -0.478 e. The Labute approximate surface area is 115 Å². The maximum atomic E-state index is 11.9. The number of carbonyl (C=O) groups is 1. The molecule has 4 N–H and O–H groups in total. The van der Waals surface area contributed by atoms with Crippen molar-refractivity contribution in [3.8, 4) is 5.88 Å². The van der Waals surface area contributed by atoms with Crippen molar-refractivity contribution >= 4 is 17.4 Å². The van der Waals surface area contributed by atoms with E-state index < -0.39 is 0 Å². The number of hydrogen-bond acceptors (Lipinski definition) is 7. The third-order valence-electron chi connectivity index (χ3n) is 2.33. The van der Waals surface area contributed by atoms with Gasteiger partial charge in [0.1, 0.15) is 0 Å². The topological polar surface area (TPSA) is 115 Å². The molecule has 104 valence electrons.